The summed E-state index contributed by atoms with van der Waals surface area (Å²) in [6.07, 6.45) is 1.33. The van der Waals surface area contributed by atoms with Crippen molar-refractivity contribution in [2.75, 3.05) is 5.75 Å². The van der Waals surface area contributed by atoms with Gasteiger partial charge in [-0.25, -0.2) is 4.98 Å². The molecule has 2 rings (SSSR count). The number of nitrogens with zero attached hydrogens (tertiary/aromatic N) is 1. The third kappa shape index (κ3) is 3.48. The van der Waals surface area contributed by atoms with E-state index in [1.54, 1.807) is 6.92 Å². The van der Waals surface area contributed by atoms with Gasteiger partial charge in [-0.2, -0.15) is 0 Å². The first-order valence-electron chi connectivity index (χ1n) is 6.06. The van der Waals surface area contributed by atoms with Gasteiger partial charge in [0.15, 0.2) is 5.58 Å². The number of hydrogen-bond acceptors (Lipinski definition) is 5. The van der Waals surface area contributed by atoms with E-state index in [1.165, 1.54) is 11.8 Å². The number of rotatable bonds is 6. The van der Waals surface area contributed by atoms with Crippen molar-refractivity contribution < 1.29 is 9.21 Å². The van der Waals surface area contributed by atoms with Gasteiger partial charge in [-0.1, -0.05) is 23.9 Å². The first-order chi connectivity index (χ1) is 8.99. The number of para-hydroxylation sites is 2. The number of aromatic nitrogens is 1. The molecule has 0 aliphatic heterocycles. The predicted octanol–water partition coefficient (Wildman–Crippen LogP) is 1.90. The summed E-state index contributed by atoms with van der Waals surface area (Å²) in [5.74, 6) is 0.312. The summed E-state index contributed by atoms with van der Waals surface area (Å²) in [7, 11) is 0. The van der Waals surface area contributed by atoms with Crippen molar-refractivity contribution in [1.82, 2.24) is 4.98 Å². The highest BCUT2D eigenvalue weighted by Crippen LogP contribution is 2.24. The summed E-state index contributed by atoms with van der Waals surface area (Å²) in [6.45, 7) is 1.65. The van der Waals surface area contributed by atoms with E-state index in [4.69, 9.17) is 15.9 Å². The van der Waals surface area contributed by atoms with Crippen molar-refractivity contribution in [1.29, 1.82) is 0 Å². The molecular formula is C13H17N3O2S. The Kier molecular flexibility index (Phi) is 4.11. The minimum absolute atomic E-state index is 0.473. The Morgan fingerprint density at radius 3 is 2.89 bits per heavy atom. The number of amides is 1. The smallest absolute Gasteiger partial charge is 0.256 e. The van der Waals surface area contributed by atoms with Gasteiger partial charge in [0, 0.05) is 5.75 Å². The largest absolute Gasteiger partial charge is 0.431 e. The van der Waals surface area contributed by atoms with Gasteiger partial charge in [0.25, 0.3) is 5.22 Å². The molecule has 1 unspecified atom stereocenters. The van der Waals surface area contributed by atoms with E-state index in [2.05, 4.69) is 4.98 Å². The van der Waals surface area contributed by atoms with Crippen molar-refractivity contribution >= 4 is 28.8 Å². The fourth-order valence-electron chi connectivity index (χ4n) is 1.63. The molecule has 1 amide bonds. The van der Waals surface area contributed by atoms with Crippen LogP contribution in [0, 0.1) is 0 Å². The first-order valence-corrected chi connectivity index (χ1v) is 7.05. The fourth-order valence-corrected chi connectivity index (χ4v) is 2.41. The van der Waals surface area contributed by atoms with Gasteiger partial charge < -0.3 is 15.9 Å². The lowest BCUT2D eigenvalue weighted by Crippen LogP contribution is -2.49. The van der Waals surface area contributed by atoms with Crippen LogP contribution in [0.1, 0.15) is 19.8 Å². The van der Waals surface area contributed by atoms with Gasteiger partial charge in [-0.05, 0) is 31.9 Å². The van der Waals surface area contributed by atoms with E-state index in [1.807, 2.05) is 24.3 Å². The van der Waals surface area contributed by atoms with Crippen LogP contribution in [0.15, 0.2) is 33.9 Å². The third-order valence-electron chi connectivity index (χ3n) is 2.90. The fraction of sp³-hybridized carbons (Fsp3) is 0.385. The standard InChI is InChI=1S/C13H17N3O2S/c1-13(15,11(14)17)7-4-8-19-12-16-9-5-2-3-6-10(9)18-12/h2-3,5-6H,4,7-8,15H2,1H3,(H2,14,17). The second-order valence-electron chi connectivity index (χ2n) is 4.68. The van der Waals surface area contributed by atoms with E-state index in [0.717, 1.165) is 23.3 Å². The third-order valence-corrected chi connectivity index (χ3v) is 3.82. The molecule has 19 heavy (non-hydrogen) atoms. The number of carbonyl (C=O) groups is 1. The van der Waals surface area contributed by atoms with E-state index in [0.29, 0.717) is 11.6 Å². The molecule has 2 aromatic rings. The molecule has 0 bridgehead atoms. The minimum Gasteiger partial charge on any atom is -0.431 e. The van der Waals surface area contributed by atoms with Gasteiger partial charge in [-0.15, -0.1) is 0 Å². The van der Waals surface area contributed by atoms with E-state index >= 15 is 0 Å². The number of fused-ring (bicyclic) bond motifs is 1. The second kappa shape index (κ2) is 5.63. The zero-order valence-electron chi connectivity index (χ0n) is 10.8. The Balaban J connectivity index is 1.84. The van der Waals surface area contributed by atoms with Crippen LogP contribution >= 0.6 is 11.8 Å². The van der Waals surface area contributed by atoms with E-state index < -0.39 is 11.4 Å². The average molecular weight is 279 g/mol. The highest BCUT2D eigenvalue weighted by molar-refractivity contribution is 7.99. The highest BCUT2D eigenvalue weighted by Gasteiger charge is 2.24. The molecule has 4 N–H and O–H groups in total. The number of primary amides is 1. The summed E-state index contributed by atoms with van der Waals surface area (Å²) < 4.78 is 5.58. The molecule has 0 saturated carbocycles. The number of thioether (sulfide) groups is 1. The Morgan fingerprint density at radius 2 is 2.21 bits per heavy atom. The molecule has 1 heterocycles. The van der Waals surface area contributed by atoms with Gasteiger partial charge in [0.1, 0.15) is 5.52 Å². The van der Waals surface area contributed by atoms with E-state index in [9.17, 15) is 4.79 Å². The molecule has 6 heteroatoms. The van der Waals surface area contributed by atoms with Crippen molar-refractivity contribution in [3.8, 4) is 0 Å². The van der Waals surface area contributed by atoms with Gasteiger partial charge in [-0.3, -0.25) is 4.79 Å². The summed E-state index contributed by atoms with van der Waals surface area (Å²) in [4.78, 5) is 15.4. The molecule has 0 fully saturated rings. The topological polar surface area (TPSA) is 95.1 Å². The van der Waals surface area contributed by atoms with Crippen LogP contribution < -0.4 is 11.5 Å². The lowest BCUT2D eigenvalue weighted by molar-refractivity contribution is -0.122. The zero-order valence-corrected chi connectivity index (χ0v) is 11.6. The summed E-state index contributed by atoms with van der Waals surface area (Å²) >= 11 is 1.51. The Morgan fingerprint density at radius 1 is 1.47 bits per heavy atom. The lowest BCUT2D eigenvalue weighted by atomic mass is 9.97. The maximum atomic E-state index is 11.1. The Hall–Kier alpha value is -1.53. The van der Waals surface area contributed by atoms with E-state index in [-0.39, 0.29) is 0 Å². The lowest BCUT2D eigenvalue weighted by Gasteiger charge is -2.19. The van der Waals surface area contributed by atoms with Gasteiger partial charge in [0.2, 0.25) is 5.91 Å². The molecule has 1 atom stereocenters. The van der Waals surface area contributed by atoms with Crippen molar-refractivity contribution in [2.24, 2.45) is 11.5 Å². The molecule has 0 aliphatic rings. The molecule has 0 aliphatic carbocycles. The summed E-state index contributed by atoms with van der Waals surface area (Å²) in [5, 5.41) is 0.638. The molecule has 0 radical (unpaired) electrons. The average Bonchev–Trinajstić information content (AvgIpc) is 2.77. The molecule has 0 spiro atoms. The van der Waals surface area contributed by atoms with Crippen LogP contribution in [-0.2, 0) is 4.79 Å². The zero-order chi connectivity index (χ0) is 13.9. The van der Waals surface area contributed by atoms with Gasteiger partial charge >= 0.3 is 0 Å². The van der Waals surface area contributed by atoms with Crippen LogP contribution in [-0.4, -0.2) is 22.2 Å². The maximum Gasteiger partial charge on any atom is 0.256 e. The number of nitrogens with two attached hydrogens (primary N) is 2. The number of oxazole rings is 1. The number of hydrogen-bond donors (Lipinski definition) is 2. The predicted molar refractivity (Wildman–Crippen MR) is 75.8 cm³/mol. The molecule has 5 nitrogen and oxygen atoms in total. The quantitative estimate of drug-likeness (QED) is 0.622. The molecule has 1 aromatic carbocycles. The van der Waals surface area contributed by atoms with Crippen LogP contribution in [0.3, 0.4) is 0 Å². The normalized spacial score (nSPS) is 14.4. The van der Waals surface area contributed by atoms with Crippen LogP contribution in [0.4, 0.5) is 0 Å². The first kappa shape index (κ1) is 13.9. The van der Waals surface area contributed by atoms with Crippen LogP contribution in [0.5, 0.6) is 0 Å². The maximum absolute atomic E-state index is 11.1. The Bertz CT molecular complexity index is 547. The van der Waals surface area contributed by atoms with Crippen molar-refractivity contribution in [2.45, 2.75) is 30.5 Å². The van der Waals surface area contributed by atoms with Crippen molar-refractivity contribution in [3.63, 3.8) is 0 Å². The number of carbonyl (C=O) groups excluding carboxylic acids is 1. The van der Waals surface area contributed by atoms with Crippen LogP contribution in [0.2, 0.25) is 0 Å². The van der Waals surface area contributed by atoms with Gasteiger partial charge in [0.05, 0.1) is 5.54 Å². The highest BCUT2D eigenvalue weighted by atomic mass is 32.2. The molecule has 1 aromatic heterocycles. The molecular weight excluding hydrogens is 262 g/mol. The summed E-state index contributed by atoms with van der Waals surface area (Å²) in [6, 6.07) is 7.63. The molecule has 102 valence electrons. The summed E-state index contributed by atoms with van der Waals surface area (Å²) in [5.41, 5.74) is 11.7. The second-order valence-corrected chi connectivity index (χ2v) is 5.73. The monoisotopic (exact) mass is 279 g/mol. The van der Waals surface area contributed by atoms with Crippen LogP contribution in [0.25, 0.3) is 11.1 Å². The number of benzene rings is 1. The Labute approximate surface area is 115 Å². The van der Waals surface area contributed by atoms with Crippen molar-refractivity contribution in [3.05, 3.63) is 24.3 Å². The minimum atomic E-state index is -0.943. The SMILES string of the molecule is CC(N)(CCCSc1nc2ccccc2o1)C(N)=O. The molecule has 0 saturated heterocycles.